The first kappa shape index (κ1) is 18.2. The number of nitrogens with two attached hydrogens (primary N) is 1. The topological polar surface area (TPSA) is 71.8 Å². The molecule has 0 aliphatic rings. The molecule has 4 nitrogen and oxygen atoms in total. The number of nitrogens with one attached hydrogen (secondary N) is 1. The number of hydrogen-bond acceptors (Lipinski definition) is 2. The maximum absolute atomic E-state index is 12.0. The SMILES string of the molecule is Cc1ccc(CCc2n[nH]c(Cc3cccc(Cl)c3)c2C(N)=O)cc1C. The molecule has 1 aromatic heterocycles. The number of benzene rings is 2. The summed E-state index contributed by atoms with van der Waals surface area (Å²) in [7, 11) is 0. The minimum atomic E-state index is -0.453. The second-order valence-electron chi connectivity index (χ2n) is 6.61. The molecule has 0 saturated heterocycles. The number of aromatic amines is 1. The fourth-order valence-electron chi connectivity index (χ4n) is 3.09. The summed E-state index contributed by atoms with van der Waals surface area (Å²) in [5.74, 6) is -0.453. The van der Waals surface area contributed by atoms with E-state index < -0.39 is 5.91 Å². The van der Waals surface area contributed by atoms with Crippen LogP contribution in [-0.2, 0) is 19.3 Å². The van der Waals surface area contributed by atoms with Crippen molar-refractivity contribution in [3.63, 3.8) is 0 Å². The van der Waals surface area contributed by atoms with Gasteiger partial charge in [-0.1, -0.05) is 41.9 Å². The monoisotopic (exact) mass is 367 g/mol. The summed E-state index contributed by atoms with van der Waals surface area (Å²) in [5, 5.41) is 8.00. The first-order chi connectivity index (χ1) is 12.4. The number of H-pyrrole nitrogens is 1. The lowest BCUT2D eigenvalue weighted by Gasteiger charge is -2.06. The second kappa shape index (κ2) is 7.75. The summed E-state index contributed by atoms with van der Waals surface area (Å²) in [6.45, 7) is 4.20. The van der Waals surface area contributed by atoms with Gasteiger partial charge in [0, 0.05) is 11.4 Å². The molecule has 3 N–H and O–H groups in total. The first-order valence-electron chi connectivity index (χ1n) is 8.60. The van der Waals surface area contributed by atoms with E-state index in [4.69, 9.17) is 17.3 Å². The third kappa shape index (κ3) is 4.14. The van der Waals surface area contributed by atoms with E-state index in [-0.39, 0.29) is 0 Å². The van der Waals surface area contributed by atoms with Crippen LogP contribution in [0.15, 0.2) is 42.5 Å². The molecule has 0 aliphatic carbocycles. The van der Waals surface area contributed by atoms with Gasteiger partial charge in [-0.25, -0.2) is 0 Å². The zero-order valence-electron chi connectivity index (χ0n) is 15.0. The highest BCUT2D eigenvalue weighted by Gasteiger charge is 2.18. The summed E-state index contributed by atoms with van der Waals surface area (Å²) in [5.41, 5.74) is 12.3. The van der Waals surface area contributed by atoms with Crippen LogP contribution in [0.2, 0.25) is 5.02 Å². The zero-order valence-corrected chi connectivity index (χ0v) is 15.7. The van der Waals surface area contributed by atoms with Crippen molar-refractivity contribution in [1.29, 1.82) is 0 Å². The molecule has 0 atom stereocenters. The quantitative estimate of drug-likeness (QED) is 0.686. The summed E-state index contributed by atoms with van der Waals surface area (Å²) < 4.78 is 0. The first-order valence-corrected chi connectivity index (χ1v) is 8.98. The summed E-state index contributed by atoms with van der Waals surface area (Å²) >= 11 is 6.04. The Bertz CT molecular complexity index is 946. The predicted molar refractivity (Wildman–Crippen MR) is 105 cm³/mol. The van der Waals surface area contributed by atoms with Gasteiger partial charge in [0.15, 0.2) is 0 Å². The zero-order chi connectivity index (χ0) is 18.7. The number of rotatable bonds is 6. The molecule has 0 spiro atoms. The third-order valence-corrected chi connectivity index (χ3v) is 4.89. The van der Waals surface area contributed by atoms with Crippen LogP contribution in [0.25, 0.3) is 0 Å². The van der Waals surface area contributed by atoms with E-state index >= 15 is 0 Å². The normalized spacial score (nSPS) is 10.9. The molecule has 134 valence electrons. The van der Waals surface area contributed by atoms with Gasteiger partial charge >= 0.3 is 0 Å². The summed E-state index contributed by atoms with van der Waals surface area (Å²) in [6, 6.07) is 14.0. The van der Waals surface area contributed by atoms with E-state index in [2.05, 4.69) is 42.2 Å². The van der Waals surface area contributed by atoms with Crippen molar-refractivity contribution < 1.29 is 4.79 Å². The van der Waals surface area contributed by atoms with E-state index in [1.807, 2.05) is 24.3 Å². The van der Waals surface area contributed by atoms with Crippen molar-refractivity contribution >= 4 is 17.5 Å². The van der Waals surface area contributed by atoms with Crippen molar-refractivity contribution in [1.82, 2.24) is 10.2 Å². The summed E-state index contributed by atoms with van der Waals surface area (Å²) in [6.07, 6.45) is 2.01. The molecule has 2 aromatic carbocycles. The molecule has 0 radical (unpaired) electrons. The number of aromatic nitrogens is 2. The molecule has 0 bridgehead atoms. The minimum absolute atomic E-state index is 0.453. The van der Waals surface area contributed by atoms with Crippen LogP contribution in [0, 0.1) is 13.8 Å². The Morgan fingerprint density at radius 2 is 1.88 bits per heavy atom. The number of nitrogens with zero attached hydrogens (tertiary/aromatic N) is 1. The third-order valence-electron chi connectivity index (χ3n) is 4.65. The lowest BCUT2D eigenvalue weighted by molar-refractivity contribution is 0.0998. The Labute approximate surface area is 158 Å². The Morgan fingerprint density at radius 3 is 2.58 bits per heavy atom. The highest BCUT2D eigenvalue weighted by atomic mass is 35.5. The number of halogens is 1. The van der Waals surface area contributed by atoms with Gasteiger partial charge in [0.1, 0.15) is 0 Å². The van der Waals surface area contributed by atoms with Gasteiger partial charge in [0.25, 0.3) is 5.91 Å². The van der Waals surface area contributed by atoms with Crippen LogP contribution in [-0.4, -0.2) is 16.1 Å². The number of carbonyl (C=O) groups excluding carboxylic acids is 1. The van der Waals surface area contributed by atoms with E-state index in [1.54, 1.807) is 0 Å². The van der Waals surface area contributed by atoms with Gasteiger partial charge in [-0.15, -0.1) is 0 Å². The molecule has 0 saturated carbocycles. The van der Waals surface area contributed by atoms with Gasteiger partial charge in [0.05, 0.1) is 17.0 Å². The molecule has 0 unspecified atom stereocenters. The van der Waals surface area contributed by atoms with Crippen LogP contribution < -0.4 is 5.73 Å². The highest BCUT2D eigenvalue weighted by molar-refractivity contribution is 6.30. The summed E-state index contributed by atoms with van der Waals surface area (Å²) in [4.78, 5) is 12.0. The van der Waals surface area contributed by atoms with Crippen LogP contribution in [0.3, 0.4) is 0 Å². The molecule has 26 heavy (non-hydrogen) atoms. The molecule has 5 heteroatoms. The molecule has 1 amide bonds. The van der Waals surface area contributed by atoms with Crippen molar-refractivity contribution in [3.05, 3.63) is 86.7 Å². The Morgan fingerprint density at radius 1 is 1.08 bits per heavy atom. The van der Waals surface area contributed by atoms with Crippen LogP contribution in [0.5, 0.6) is 0 Å². The van der Waals surface area contributed by atoms with Crippen molar-refractivity contribution in [3.8, 4) is 0 Å². The molecular formula is C21H22ClN3O. The predicted octanol–water partition coefficient (Wildman–Crippen LogP) is 4.15. The molecule has 0 aliphatic heterocycles. The van der Waals surface area contributed by atoms with E-state index in [0.29, 0.717) is 29.1 Å². The molecular weight excluding hydrogens is 346 g/mol. The van der Waals surface area contributed by atoms with Gasteiger partial charge < -0.3 is 5.73 Å². The van der Waals surface area contributed by atoms with E-state index in [0.717, 1.165) is 17.7 Å². The average molecular weight is 368 g/mol. The Balaban J connectivity index is 1.80. The Kier molecular flexibility index (Phi) is 5.43. The second-order valence-corrected chi connectivity index (χ2v) is 7.05. The Hall–Kier alpha value is -2.59. The van der Waals surface area contributed by atoms with Crippen molar-refractivity contribution in [2.75, 3.05) is 0 Å². The van der Waals surface area contributed by atoms with Crippen molar-refractivity contribution in [2.45, 2.75) is 33.1 Å². The highest BCUT2D eigenvalue weighted by Crippen LogP contribution is 2.20. The van der Waals surface area contributed by atoms with Gasteiger partial charge in [-0.3, -0.25) is 9.89 Å². The smallest absolute Gasteiger partial charge is 0.252 e. The number of aryl methyl sites for hydroxylation is 4. The number of carbonyl (C=O) groups is 1. The van der Waals surface area contributed by atoms with Crippen LogP contribution in [0.4, 0.5) is 0 Å². The van der Waals surface area contributed by atoms with Gasteiger partial charge in [-0.2, -0.15) is 5.10 Å². The standard InChI is InChI=1S/C21H22ClN3O/c1-13-6-7-15(10-14(13)2)8-9-18-20(21(23)26)19(25-24-18)12-16-4-3-5-17(22)11-16/h3-7,10-11H,8-9,12H2,1-2H3,(H2,23,26)(H,24,25). The van der Waals surface area contributed by atoms with Crippen LogP contribution in [0.1, 0.15) is 44.0 Å². The molecule has 1 heterocycles. The van der Waals surface area contributed by atoms with Crippen molar-refractivity contribution in [2.24, 2.45) is 5.73 Å². The maximum Gasteiger partial charge on any atom is 0.252 e. The average Bonchev–Trinajstić information content (AvgIpc) is 2.99. The number of amides is 1. The number of hydrogen-bond donors (Lipinski definition) is 2. The van der Waals surface area contributed by atoms with Crippen LogP contribution >= 0.6 is 11.6 Å². The van der Waals surface area contributed by atoms with E-state index in [1.165, 1.54) is 16.7 Å². The van der Waals surface area contributed by atoms with E-state index in [9.17, 15) is 4.79 Å². The lowest BCUT2D eigenvalue weighted by atomic mass is 9.99. The fraction of sp³-hybridized carbons (Fsp3) is 0.238. The largest absolute Gasteiger partial charge is 0.365 e. The lowest BCUT2D eigenvalue weighted by Crippen LogP contribution is -2.15. The molecule has 3 rings (SSSR count). The maximum atomic E-state index is 12.0. The molecule has 3 aromatic rings. The molecule has 0 fully saturated rings. The van der Waals surface area contributed by atoms with Gasteiger partial charge in [0.2, 0.25) is 0 Å². The number of primary amides is 1. The van der Waals surface area contributed by atoms with Gasteiger partial charge in [-0.05, 0) is 61.1 Å². The fourth-order valence-corrected chi connectivity index (χ4v) is 3.31. The minimum Gasteiger partial charge on any atom is -0.365 e.